The van der Waals surface area contributed by atoms with Crippen molar-refractivity contribution in [3.63, 3.8) is 0 Å². The van der Waals surface area contributed by atoms with Crippen LogP contribution in [0.5, 0.6) is 0 Å². The fourth-order valence-electron chi connectivity index (χ4n) is 1.81. The van der Waals surface area contributed by atoms with E-state index >= 15 is 0 Å². The molecule has 0 bridgehead atoms. The number of aryl methyl sites for hydroxylation is 2. The third-order valence-corrected chi connectivity index (χ3v) is 2.77. The van der Waals surface area contributed by atoms with E-state index in [0.29, 0.717) is 17.8 Å². The second-order valence-electron chi connectivity index (χ2n) is 4.18. The normalized spacial score (nSPS) is 11.9. The number of pyridine rings is 1. The van der Waals surface area contributed by atoms with E-state index in [4.69, 9.17) is 10.4 Å². The molecule has 0 aliphatic heterocycles. The second kappa shape index (κ2) is 6.21. The van der Waals surface area contributed by atoms with Gasteiger partial charge in [-0.25, -0.2) is 4.98 Å². The zero-order valence-electron chi connectivity index (χ0n) is 10.6. The maximum absolute atomic E-state index is 9.13. The summed E-state index contributed by atoms with van der Waals surface area (Å²) in [6, 6.07) is 4.23. The van der Waals surface area contributed by atoms with E-state index in [-0.39, 0.29) is 12.6 Å². The van der Waals surface area contributed by atoms with E-state index < -0.39 is 0 Å². The molecular weight excluding hydrogens is 214 g/mol. The number of aliphatic hydroxyl groups is 1. The number of aliphatic hydroxyl groups excluding tert-OH is 1. The third kappa shape index (κ3) is 3.43. The van der Waals surface area contributed by atoms with E-state index in [0.717, 1.165) is 17.7 Å². The van der Waals surface area contributed by atoms with E-state index in [1.165, 1.54) is 0 Å². The smallest absolute Gasteiger partial charge is 0.144 e. The van der Waals surface area contributed by atoms with Gasteiger partial charge in [0.15, 0.2) is 0 Å². The van der Waals surface area contributed by atoms with Crippen LogP contribution >= 0.6 is 0 Å². The standard InChI is InChI=1S/C13H19N3O/c1-4-11(5-6-17)16-13-12(8-14)9(2)7-10(3)15-13/h7,11,17H,4-6H2,1-3H3,(H,15,16). The Bertz CT molecular complexity index is 423. The Kier molecular flexibility index (Phi) is 4.92. The predicted molar refractivity (Wildman–Crippen MR) is 67.8 cm³/mol. The Labute approximate surface area is 102 Å². The van der Waals surface area contributed by atoms with Crippen LogP contribution in [0.25, 0.3) is 0 Å². The van der Waals surface area contributed by atoms with Gasteiger partial charge in [0.1, 0.15) is 11.9 Å². The highest BCUT2D eigenvalue weighted by molar-refractivity contribution is 5.56. The Balaban J connectivity index is 3.00. The van der Waals surface area contributed by atoms with Crippen molar-refractivity contribution in [2.45, 2.75) is 39.7 Å². The predicted octanol–water partition coefficient (Wildman–Crippen LogP) is 2.14. The highest BCUT2D eigenvalue weighted by Gasteiger charge is 2.12. The molecule has 0 radical (unpaired) electrons. The number of nitrogens with zero attached hydrogens (tertiary/aromatic N) is 2. The van der Waals surface area contributed by atoms with Gasteiger partial charge < -0.3 is 10.4 Å². The molecule has 0 aromatic carbocycles. The summed E-state index contributed by atoms with van der Waals surface area (Å²) in [5, 5.41) is 21.3. The summed E-state index contributed by atoms with van der Waals surface area (Å²) in [7, 11) is 0. The summed E-state index contributed by atoms with van der Waals surface area (Å²) in [5.74, 6) is 0.630. The number of anilines is 1. The van der Waals surface area contributed by atoms with Crippen molar-refractivity contribution in [2.75, 3.05) is 11.9 Å². The van der Waals surface area contributed by atoms with E-state index in [1.54, 1.807) is 0 Å². The lowest BCUT2D eigenvalue weighted by molar-refractivity contribution is 0.278. The van der Waals surface area contributed by atoms with Crippen molar-refractivity contribution in [1.29, 1.82) is 5.26 Å². The number of hydrogen-bond donors (Lipinski definition) is 2. The first-order valence-corrected chi connectivity index (χ1v) is 5.88. The maximum atomic E-state index is 9.13. The summed E-state index contributed by atoms with van der Waals surface area (Å²) in [6.07, 6.45) is 1.55. The van der Waals surface area contributed by atoms with Gasteiger partial charge in [0, 0.05) is 18.3 Å². The fraction of sp³-hybridized carbons (Fsp3) is 0.538. The number of nitrogens with one attached hydrogen (secondary N) is 1. The average molecular weight is 233 g/mol. The van der Waals surface area contributed by atoms with E-state index in [9.17, 15) is 0 Å². The minimum Gasteiger partial charge on any atom is -0.396 e. The third-order valence-electron chi connectivity index (χ3n) is 2.77. The molecule has 1 aromatic rings. The van der Waals surface area contributed by atoms with Gasteiger partial charge in [0.25, 0.3) is 0 Å². The van der Waals surface area contributed by atoms with E-state index in [1.807, 2.05) is 26.8 Å². The Morgan fingerprint density at radius 1 is 1.53 bits per heavy atom. The zero-order valence-corrected chi connectivity index (χ0v) is 10.6. The summed E-state index contributed by atoms with van der Waals surface area (Å²) in [6.45, 7) is 6.00. The minimum absolute atomic E-state index is 0.137. The molecule has 0 spiro atoms. The molecule has 1 aromatic heterocycles. The highest BCUT2D eigenvalue weighted by atomic mass is 16.3. The van der Waals surface area contributed by atoms with Gasteiger partial charge in [-0.15, -0.1) is 0 Å². The molecule has 0 aliphatic rings. The molecule has 92 valence electrons. The molecule has 0 fully saturated rings. The molecule has 0 aliphatic carbocycles. The van der Waals surface area contributed by atoms with Crippen molar-refractivity contribution >= 4 is 5.82 Å². The van der Waals surface area contributed by atoms with Crippen LogP contribution in [0.15, 0.2) is 6.07 Å². The quantitative estimate of drug-likeness (QED) is 0.817. The summed E-state index contributed by atoms with van der Waals surface area (Å²) in [5.41, 5.74) is 2.41. The molecule has 4 heteroatoms. The van der Waals surface area contributed by atoms with Crippen LogP contribution in [0.4, 0.5) is 5.82 Å². The Hall–Kier alpha value is -1.60. The van der Waals surface area contributed by atoms with Crippen molar-refractivity contribution < 1.29 is 5.11 Å². The van der Waals surface area contributed by atoms with Crippen LogP contribution in [-0.4, -0.2) is 22.7 Å². The summed E-state index contributed by atoms with van der Waals surface area (Å²) < 4.78 is 0. The first-order chi connectivity index (χ1) is 8.12. The number of hydrogen-bond acceptors (Lipinski definition) is 4. The highest BCUT2D eigenvalue weighted by Crippen LogP contribution is 2.19. The SMILES string of the molecule is CCC(CCO)Nc1nc(C)cc(C)c1C#N. The molecule has 1 heterocycles. The Morgan fingerprint density at radius 2 is 2.24 bits per heavy atom. The van der Waals surface area contributed by atoms with Crippen LogP contribution in [-0.2, 0) is 0 Å². The van der Waals surface area contributed by atoms with Gasteiger partial charge in [-0.1, -0.05) is 6.92 Å². The van der Waals surface area contributed by atoms with Crippen molar-refractivity contribution in [3.8, 4) is 6.07 Å². The van der Waals surface area contributed by atoms with E-state index in [2.05, 4.69) is 16.4 Å². The maximum Gasteiger partial charge on any atom is 0.144 e. The number of nitriles is 1. The van der Waals surface area contributed by atoms with Crippen LogP contribution in [0.2, 0.25) is 0 Å². The molecule has 1 rings (SSSR count). The average Bonchev–Trinajstić information content (AvgIpc) is 2.28. The number of rotatable bonds is 5. The molecule has 1 unspecified atom stereocenters. The second-order valence-corrected chi connectivity index (χ2v) is 4.18. The minimum atomic E-state index is 0.137. The molecule has 4 nitrogen and oxygen atoms in total. The van der Waals surface area contributed by atoms with Gasteiger partial charge in [-0.2, -0.15) is 5.26 Å². The monoisotopic (exact) mass is 233 g/mol. The first kappa shape index (κ1) is 13.5. The van der Waals surface area contributed by atoms with Gasteiger partial charge in [-0.3, -0.25) is 0 Å². The van der Waals surface area contributed by atoms with Gasteiger partial charge in [0.2, 0.25) is 0 Å². The summed E-state index contributed by atoms with van der Waals surface area (Å²) in [4.78, 5) is 4.36. The fourth-order valence-corrected chi connectivity index (χ4v) is 1.81. The molecular formula is C13H19N3O. The molecule has 2 N–H and O–H groups in total. The van der Waals surface area contributed by atoms with Crippen LogP contribution in [0, 0.1) is 25.2 Å². The molecule has 0 saturated heterocycles. The van der Waals surface area contributed by atoms with Gasteiger partial charge >= 0.3 is 0 Å². The molecule has 1 atom stereocenters. The largest absolute Gasteiger partial charge is 0.396 e. The van der Waals surface area contributed by atoms with Crippen LogP contribution in [0.1, 0.15) is 36.6 Å². The van der Waals surface area contributed by atoms with Crippen molar-refractivity contribution in [1.82, 2.24) is 4.98 Å². The van der Waals surface area contributed by atoms with Crippen LogP contribution < -0.4 is 5.32 Å². The zero-order chi connectivity index (χ0) is 12.8. The molecule has 0 saturated carbocycles. The topological polar surface area (TPSA) is 68.9 Å². The van der Waals surface area contributed by atoms with Crippen molar-refractivity contribution in [3.05, 3.63) is 22.9 Å². The molecule has 0 amide bonds. The lowest BCUT2D eigenvalue weighted by Crippen LogP contribution is -2.21. The van der Waals surface area contributed by atoms with Gasteiger partial charge in [0.05, 0.1) is 5.56 Å². The lowest BCUT2D eigenvalue weighted by Gasteiger charge is -2.18. The Morgan fingerprint density at radius 3 is 2.76 bits per heavy atom. The molecule has 17 heavy (non-hydrogen) atoms. The summed E-state index contributed by atoms with van der Waals surface area (Å²) >= 11 is 0. The lowest BCUT2D eigenvalue weighted by atomic mass is 10.1. The van der Waals surface area contributed by atoms with Crippen molar-refractivity contribution in [2.24, 2.45) is 0 Å². The number of aromatic nitrogens is 1. The first-order valence-electron chi connectivity index (χ1n) is 5.88. The van der Waals surface area contributed by atoms with Crippen LogP contribution in [0.3, 0.4) is 0 Å². The van der Waals surface area contributed by atoms with Gasteiger partial charge in [-0.05, 0) is 38.3 Å².